The van der Waals surface area contributed by atoms with Crippen molar-refractivity contribution in [1.29, 1.82) is 0 Å². The molecule has 1 unspecified atom stereocenters. The van der Waals surface area contributed by atoms with E-state index >= 15 is 0 Å². The van der Waals surface area contributed by atoms with Crippen molar-refractivity contribution in [2.45, 2.75) is 39.9 Å². The maximum Gasteiger partial charge on any atom is 0.306 e. The standard InChI is InChI=1S/C10H20O4/c1-4-13-9(14-5-2)7-6-8(3)10(11)12/h8-9H,4-7H2,1-3H3,(H,11,12). The van der Waals surface area contributed by atoms with Crippen LogP contribution in [0, 0.1) is 5.92 Å². The fourth-order valence-electron chi connectivity index (χ4n) is 1.10. The van der Waals surface area contributed by atoms with E-state index in [0.717, 1.165) is 0 Å². The molecule has 0 aliphatic carbocycles. The van der Waals surface area contributed by atoms with Crippen LogP contribution in [0.4, 0.5) is 0 Å². The monoisotopic (exact) mass is 204 g/mol. The smallest absolute Gasteiger partial charge is 0.306 e. The average Bonchev–Trinajstić information content (AvgIpc) is 2.14. The van der Waals surface area contributed by atoms with Crippen LogP contribution in [-0.2, 0) is 14.3 Å². The highest BCUT2D eigenvalue weighted by Gasteiger charge is 2.15. The molecule has 1 N–H and O–H groups in total. The molecule has 0 aromatic heterocycles. The predicted octanol–water partition coefficient (Wildman–Crippen LogP) is 1.89. The van der Waals surface area contributed by atoms with Crippen molar-refractivity contribution in [2.75, 3.05) is 13.2 Å². The summed E-state index contributed by atoms with van der Waals surface area (Å²) in [6, 6.07) is 0. The van der Waals surface area contributed by atoms with Crippen molar-refractivity contribution in [3.8, 4) is 0 Å². The fraction of sp³-hybridized carbons (Fsp3) is 0.900. The van der Waals surface area contributed by atoms with Gasteiger partial charge < -0.3 is 14.6 Å². The molecule has 0 aliphatic rings. The summed E-state index contributed by atoms with van der Waals surface area (Å²) in [6.07, 6.45) is 0.960. The van der Waals surface area contributed by atoms with Crippen molar-refractivity contribution < 1.29 is 19.4 Å². The Morgan fingerprint density at radius 2 is 1.71 bits per heavy atom. The summed E-state index contributed by atoms with van der Waals surface area (Å²) in [4.78, 5) is 10.5. The van der Waals surface area contributed by atoms with E-state index in [1.807, 2.05) is 13.8 Å². The van der Waals surface area contributed by atoms with Gasteiger partial charge >= 0.3 is 5.97 Å². The average molecular weight is 204 g/mol. The first-order valence-corrected chi connectivity index (χ1v) is 5.07. The first kappa shape index (κ1) is 13.4. The molecule has 84 valence electrons. The molecule has 1 atom stereocenters. The van der Waals surface area contributed by atoms with Crippen LogP contribution in [0.25, 0.3) is 0 Å². The van der Waals surface area contributed by atoms with Crippen LogP contribution in [0.3, 0.4) is 0 Å². The lowest BCUT2D eigenvalue weighted by atomic mass is 10.1. The molecule has 0 aromatic carbocycles. The minimum Gasteiger partial charge on any atom is -0.481 e. The summed E-state index contributed by atoms with van der Waals surface area (Å²) in [5, 5.41) is 8.67. The summed E-state index contributed by atoms with van der Waals surface area (Å²) in [7, 11) is 0. The van der Waals surface area contributed by atoms with E-state index < -0.39 is 5.97 Å². The number of aliphatic carboxylic acids is 1. The molecule has 0 spiro atoms. The van der Waals surface area contributed by atoms with Crippen LogP contribution in [0.1, 0.15) is 33.6 Å². The van der Waals surface area contributed by atoms with Gasteiger partial charge in [0.1, 0.15) is 0 Å². The van der Waals surface area contributed by atoms with Gasteiger partial charge in [0.05, 0.1) is 5.92 Å². The van der Waals surface area contributed by atoms with Crippen LogP contribution >= 0.6 is 0 Å². The molecule has 0 radical (unpaired) electrons. The molecule has 0 amide bonds. The van der Waals surface area contributed by atoms with Crippen LogP contribution < -0.4 is 0 Å². The molecule has 0 aromatic rings. The second-order valence-corrected chi connectivity index (χ2v) is 3.16. The van der Waals surface area contributed by atoms with Gasteiger partial charge in [0.15, 0.2) is 6.29 Å². The SMILES string of the molecule is CCOC(CCC(C)C(=O)O)OCC. The zero-order chi connectivity index (χ0) is 11.0. The summed E-state index contributed by atoms with van der Waals surface area (Å²) >= 11 is 0. The number of carboxylic acid groups (broad SMARTS) is 1. The molecular weight excluding hydrogens is 184 g/mol. The van der Waals surface area contributed by atoms with E-state index in [1.54, 1.807) is 6.92 Å². The minimum absolute atomic E-state index is 0.258. The maximum absolute atomic E-state index is 10.5. The highest BCUT2D eigenvalue weighted by molar-refractivity contribution is 5.69. The Hall–Kier alpha value is -0.610. The molecule has 0 aliphatic heterocycles. The Balaban J connectivity index is 3.74. The van der Waals surface area contributed by atoms with Gasteiger partial charge in [-0.25, -0.2) is 0 Å². The molecule has 0 fully saturated rings. The minimum atomic E-state index is -0.767. The second kappa shape index (κ2) is 7.76. The van der Waals surface area contributed by atoms with Crippen molar-refractivity contribution >= 4 is 5.97 Å². The number of ether oxygens (including phenoxy) is 2. The van der Waals surface area contributed by atoms with Gasteiger partial charge in [0.2, 0.25) is 0 Å². The van der Waals surface area contributed by atoms with Gasteiger partial charge in [-0.15, -0.1) is 0 Å². The zero-order valence-electron chi connectivity index (χ0n) is 9.16. The lowest BCUT2D eigenvalue weighted by Gasteiger charge is -2.17. The molecule has 0 heterocycles. The van der Waals surface area contributed by atoms with Crippen LogP contribution in [-0.4, -0.2) is 30.6 Å². The molecule has 0 saturated heterocycles. The van der Waals surface area contributed by atoms with E-state index in [4.69, 9.17) is 14.6 Å². The second-order valence-electron chi connectivity index (χ2n) is 3.16. The first-order valence-electron chi connectivity index (χ1n) is 5.07. The third-order valence-corrected chi connectivity index (χ3v) is 1.96. The fourth-order valence-corrected chi connectivity index (χ4v) is 1.10. The first-order chi connectivity index (χ1) is 6.61. The molecule has 0 rings (SSSR count). The number of hydrogen-bond acceptors (Lipinski definition) is 3. The van der Waals surface area contributed by atoms with Crippen LogP contribution in [0.15, 0.2) is 0 Å². The zero-order valence-corrected chi connectivity index (χ0v) is 9.16. The Morgan fingerprint density at radius 3 is 2.07 bits per heavy atom. The summed E-state index contributed by atoms with van der Waals surface area (Å²) in [6.45, 7) is 6.66. The molecule has 4 heteroatoms. The van der Waals surface area contributed by atoms with E-state index in [-0.39, 0.29) is 12.2 Å². The third kappa shape index (κ3) is 5.94. The maximum atomic E-state index is 10.5. The van der Waals surface area contributed by atoms with Crippen molar-refractivity contribution in [2.24, 2.45) is 5.92 Å². The van der Waals surface area contributed by atoms with E-state index in [0.29, 0.717) is 26.1 Å². The van der Waals surface area contributed by atoms with Gasteiger partial charge in [-0.1, -0.05) is 6.92 Å². The number of carboxylic acids is 1. The Labute approximate surface area is 85.2 Å². The highest BCUT2D eigenvalue weighted by atomic mass is 16.7. The van der Waals surface area contributed by atoms with Gasteiger partial charge in [-0.3, -0.25) is 4.79 Å². The van der Waals surface area contributed by atoms with Gasteiger partial charge in [-0.05, 0) is 26.7 Å². The lowest BCUT2D eigenvalue weighted by molar-refractivity contribution is -0.148. The van der Waals surface area contributed by atoms with Crippen LogP contribution in [0.2, 0.25) is 0 Å². The Kier molecular flexibility index (Phi) is 7.42. The molecule has 14 heavy (non-hydrogen) atoms. The van der Waals surface area contributed by atoms with Crippen molar-refractivity contribution in [3.05, 3.63) is 0 Å². The van der Waals surface area contributed by atoms with Gasteiger partial charge in [-0.2, -0.15) is 0 Å². The van der Waals surface area contributed by atoms with Gasteiger partial charge in [0, 0.05) is 13.2 Å². The Bertz CT molecular complexity index is 152. The van der Waals surface area contributed by atoms with E-state index in [9.17, 15) is 4.79 Å². The van der Waals surface area contributed by atoms with E-state index in [2.05, 4.69) is 0 Å². The molecule has 4 nitrogen and oxygen atoms in total. The molecule has 0 saturated carbocycles. The van der Waals surface area contributed by atoms with E-state index in [1.165, 1.54) is 0 Å². The lowest BCUT2D eigenvalue weighted by Crippen LogP contribution is -2.20. The molecular formula is C10H20O4. The van der Waals surface area contributed by atoms with Gasteiger partial charge in [0.25, 0.3) is 0 Å². The predicted molar refractivity (Wildman–Crippen MR) is 53.1 cm³/mol. The van der Waals surface area contributed by atoms with Crippen molar-refractivity contribution in [3.63, 3.8) is 0 Å². The topological polar surface area (TPSA) is 55.8 Å². The Morgan fingerprint density at radius 1 is 1.21 bits per heavy atom. The third-order valence-electron chi connectivity index (χ3n) is 1.96. The molecule has 0 bridgehead atoms. The largest absolute Gasteiger partial charge is 0.481 e. The summed E-state index contributed by atoms with van der Waals surface area (Å²) < 4.78 is 10.6. The normalized spacial score (nSPS) is 13.1. The number of carbonyl (C=O) groups is 1. The number of rotatable bonds is 8. The van der Waals surface area contributed by atoms with Crippen LogP contribution in [0.5, 0.6) is 0 Å². The van der Waals surface area contributed by atoms with Crippen molar-refractivity contribution in [1.82, 2.24) is 0 Å². The summed E-state index contributed by atoms with van der Waals surface area (Å²) in [5.74, 6) is -1.10. The number of hydrogen-bond donors (Lipinski definition) is 1. The highest BCUT2D eigenvalue weighted by Crippen LogP contribution is 2.11. The quantitative estimate of drug-likeness (QED) is 0.613. The summed E-state index contributed by atoms with van der Waals surface area (Å²) in [5.41, 5.74) is 0.